The van der Waals surface area contributed by atoms with Crippen molar-refractivity contribution in [1.82, 2.24) is 0 Å². The van der Waals surface area contributed by atoms with Gasteiger partial charge in [0, 0.05) is 6.07 Å². The minimum Gasteiger partial charge on any atom is -0.495 e. The highest BCUT2D eigenvalue weighted by Crippen LogP contribution is 2.24. The topological polar surface area (TPSA) is 55.4 Å². The Morgan fingerprint density at radius 3 is 2.86 bits per heavy atom. The summed E-state index contributed by atoms with van der Waals surface area (Å²) in [4.78, 5) is 20.8. The van der Waals surface area contributed by atoms with Crippen LogP contribution in [-0.2, 0) is 9.59 Å². The Hall–Kier alpha value is -1.91. The fraction of sp³-hybridized carbons (Fsp3) is 0.111. The van der Waals surface area contributed by atoms with Gasteiger partial charge in [0.05, 0.1) is 12.8 Å². The quantitative estimate of drug-likeness (QED) is 0.580. The number of carbonyl (C=O) groups excluding carboxylic acids is 2. The second kappa shape index (κ2) is 4.36. The third-order valence-electron chi connectivity index (χ3n) is 1.53. The molecule has 1 aromatic rings. The minimum absolute atomic E-state index is 0.102. The van der Waals surface area contributed by atoms with Gasteiger partial charge in [0.25, 0.3) is 5.91 Å². The molecule has 0 heterocycles. The highest BCUT2D eigenvalue weighted by atomic mass is 19.1. The Bertz CT molecular complexity index is 365. The van der Waals surface area contributed by atoms with Crippen molar-refractivity contribution in [2.24, 2.45) is 0 Å². The second-order valence-electron chi connectivity index (χ2n) is 2.45. The Balaban J connectivity index is 2.98. The average molecular weight is 197 g/mol. The maximum atomic E-state index is 12.7. The molecule has 1 amide bonds. The Morgan fingerprint density at radius 2 is 2.29 bits per heavy atom. The fourth-order valence-corrected chi connectivity index (χ4v) is 0.940. The van der Waals surface area contributed by atoms with Crippen molar-refractivity contribution in [1.29, 1.82) is 0 Å². The van der Waals surface area contributed by atoms with Gasteiger partial charge in [-0.3, -0.25) is 9.59 Å². The molecule has 4 nitrogen and oxygen atoms in total. The first-order valence-electron chi connectivity index (χ1n) is 3.77. The highest BCUT2D eigenvalue weighted by Gasteiger charge is 2.07. The van der Waals surface area contributed by atoms with Gasteiger partial charge in [-0.25, -0.2) is 4.39 Å². The summed E-state index contributed by atoms with van der Waals surface area (Å²) < 4.78 is 17.6. The number of methoxy groups -OCH3 is 1. The van der Waals surface area contributed by atoms with Crippen LogP contribution in [0.3, 0.4) is 0 Å². The Morgan fingerprint density at radius 1 is 1.57 bits per heavy atom. The van der Waals surface area contributed by atoms with E-state index in [1.807, 2.05) is 0 Å². The summed E-state index contributed by atoms with van der Waals surface area (Å²) in [6, 6.07) is 3.62. The number of aldehydes is 1. The van der Waals surface area contributed by atoms with Gasteiger partial charge in [-0.05, 0) is 12.1 Å². The van der Waals surface area contributed by atoms with E-state index >= 15 is 0 Å². The van der Waals surface area contributed by atoms with Gasteiger partial charge in [-0.15, -0.1) is 0 Å². The minimum atomic E-state index is -0.853. The lowest BCUT2D eigenvalue weighted by atomic mass is 10.3. The van der Waals surface area contributed by atoms with E-state index in [1.165, 1.54) is 19.2 Å². The van der Waals surface area contributed by atoms with Crippen molar-refractivity contribution in [3.63, 3.8) is 0 Å². The van der Waals surface area contributed by atoms with Gasteiger partial charge in [0.2, 0.25) is 6.29 Å². The monoisotopic (exact) mass is 197 g/mol. The molecular formula is C9H8FNO3. The maximum absolute atomic E-state index is 12.7. The molecule has 0 unspecified atom stereocenters. The van der Waals surface area contributed by atoms with Crippen molar-refractivity contribution in [2.75, 3.05) is 12.4 Å². The molecule has 0 bridgehead atoms. The molecule has 0 fully saturated rings. The largest absolute Gasteiger partial charge is 0.495 e. The van der Waals surface area contributed by atoms with Gasteiger partial charge in [0.15, 0.2) is 0 Å². The number of benzene rings is 1. The fourth-order valence-electron chi connectivity index (χ4n) is 0.940. The van der Waals surface area contributed by atoms with Crippen LogP contribution in [0.4, 0.5) is 10.1 Å². The van der Waals surface area contributed by atoms with E-state index < -0.39 is 11.7 Å². The van der Waals surface area contributed by atoms with Crippen molar-refractivity contribution in [3.8, 4) is 5.75 Å². The number of hydrogen-bond acceptors (Lipinski definition) is 3. The van der Waals surface area contributed by atoms with E-state index in [2.05, 4.69) is 5.32 Å². The van der Waals surface area contributed by atoms with Gasteiger partial charge >= 0.3 is 0 Å². The molecule has 0 spiro atoms. The molecule has 1 aromatic carbocycles. The molecule has 14 heavy (non-hydrogen) atoms. The summed E-state index contributed by atoms with van der Waals surface area (Å²) in [6.45, 7) is 0. The molecule has 0 atom stereocenters. The van der Waals surface area contributed by atoms with Crippen LogP contribution in [0, 0.1) is 5.82 Å². The predicted molar refractivity (Wildman–Crippen MR) is 47.6 cm³/mol. The number of rotatable bonds is 3. The first-order chi connectivity index (χ1) is 6.67. The van der Waals surface area contributed by atoms with Crippen molar-refractivity contribution >= 4 is 17.9 Å². The molecular weight excluding hydrogens is 189 g/mol. The van der Waals surface area contributed by atoms with E-state index in [4.69, 9.17) is 4.74 Å². The van der Waals surface area contributed by atoms with Crippen molar-refractivity contribution < 1.29 is 18.7 Å². The predicted octanol–water partition coefficient (Wildman–Crippen LogP) is 0.972. The summed E-state index contributed by atoms with van der Waals surface area (Å²) in [6.07, 6.45) is 0.102. The normalized spacial score (nSPS) is 9.29. The van der Waals surface area contributed by atoms with Gasteiger partial charge in [0.1, 0.15) is 11.6 Å². The van der Waals surface area contributed by atoms with E-state index in [0.29, 0.717) is 5.75 Å². The summed E-state index contributed by atoms with van der Waals surface area (Å²) in [5.74, 6) is -1.08. The van der Waals surface area contributed by atoms with Crippen LogP contribution in [0.1, 0.15) is 0 Å². The average Bonchev–Trinajstić information content (AvgIpc) is 2.18. The molecule has 5 heteroatoms. The number of ether oxygens (including phenoxy) is 1. The summed E-state index contributed by atoms with van der Waals surface area (Å²) in [5, 5.41) is 2.18. The number of carbonyl (C=O) groups is 2. The first-order valence-corrected chi connectivity index (χ1v) is 3.77. The molecule has 0 saturated heterocycles. The van der Waals surface area contributed by atoms with Crippen LogP contribution in [0.15, 0.2) is 18.2 Å². The molecule has 0 aliphatic rings. The molecule has 0 aliphatic carbocycles. The van der Waals surface area contributed by atoms with Gasteiger partial charge in [-0.2, -0.15) is 0 Å². The number of anilines is 1. The third kappa shape index (κ3) is 2.29. The van der Waals surface area contributed by atoms with Crippen LogP contribution >= 0.6 is 0 Å². The molecule has 0 radical (unpaired) electrons. The SMILES string of the molecule is COc1ccc(F)cc1NC(=O)C=O. The zero-order valence-corrected chi connectivity index (χ0v) is 7.41. The van der Waals surface area contributed by atoms with E-state index in [1.54, 1.807) is 0 Å². The van der Waals surface area contributed by atoms with Gasteiger partial charge in [-0.1, -0.05) is 0 Å². The van der Waals surface area contributed by atoms with Crippen LogP contribution < -0.4 is 10.1 Å². The summed E-state index contributed by atoms with van der Waals surface area (Å²) >= 11 is 0. The van der Waals surface area contributed by atoms with Crippen LogP contribution in [0.5, 0.6) is 5.75 Å². The van der Waals surface area contributed by atoms with Crippen molar-refractivity contribution in [2.45, 2.75) is 0 Å². The Kier molecular flexibility index (Phi) is 3.17. The number of halogens is 1. The zero-order chi connectivity index (χ0) is 10.6. The highest BCUT2D eigenvalue weighted by molar-refractivity contribution is 6.29. The summed E-state index contributed by atoms with van der Waals surface area (Å²) in [7, 11) is 1.38. The van der Waals surface area contributed by atoms with E-state index in [9.17, 15) is 14.0 Å². The van der Waals surface area contributed by atoms with Crippen LogP contribution in [0.2, 0.25) is 0 Å². The molecule has 0 aromatic heterocycles. The Labute approximate surface area is 79.7 Å². The lowest BCUT2D eigenvalue weighted by molar-refractivity contribution is -0.127. The molecule has 0 saturated carbocycles. The molecule has 1 N–H and O–H groups in total. The zero-order valence-electron chi connectivity index (χ0n) is 7.41. The molecule has 0 aliphatic heterocycles. The van der Waals surface area contributed by atoms with Crippen LogP contribution in [-0.4, -0.2) is 19.3 Å². The maximum Gasteiger partial charge on any atom is 0.288 e. The standard InChI is InChI=1S/C9H8FNO3/c1-14-8-3-2-6(10)4-7(8)11-9(13)5-12/h2-5H,1H3,(H,11,13). The summed E-state index contributed by atoms with van der Waals surface area (Å²) in [5.41, 5.74) is 0.129. The van der Waals surface area contributed by atoms with E-state index in [0.717, 1.165) is 6.07 Å². The lowest BCUT2D eigenvalue weighted by Gasteiger charge is -2.07. The third-order valence-corrected chi connectivity index (χ3v) is 1.53. The number of nitrogens with one attached hydrogen (secondary N) is 1. The number of hydrogen-bond donors (Lipinski definition) is 1. The molecule has 74 valence electrons. The molecule has 1 rings (SSSR count). The first kappa shape index (κ1) is 10.2. The number of amides is 1. The second-order valence-corrected chi connectivity index (χ2v) is 2.45. The van der Waals surface area contributed by atoms with Gasteiger partial charge < -0.3 is 10.1 Å². The smallest absolute Gasteiger partial charge is 0.288 e. The van der Waals surface area contributed by atoms with Crippen LogP contribution in [0.25, 0.3) is 0 Å². The van der Waals surface area contributed by atoms with Crippen molar-refractivity contribution in [3.05, 3.63) is 24.0 Å². The van der Waals surface area contributed by atoms with E-state index in [-0.39, 0.29) is 12.0 Å². The lowest BCUT2D eigenvalue weighted by Crippen LogP contribution is -2.13.